The summed E-state index contributed by atoms with van der Waals surface area (Å²) in [5.41, 5.74) is 5.00. The Bertz CT molecular complexity index is 636. The monoisotopic (exact) mass is 327 g/mol. The quantitative estimate of drug-likeness (QED) is 0.791. The summed E-state index contributed by atoms with van der Waals surface area (Å²) in [6, 6.07) is 16.8. The van der Waals surface area contributed by atoms with Gasteiger partial charge < -0.3 is 5.32 Å². The second-order valence-electron chi connectivity index (χ2n) is 5.86. The third kappa shape index (κ3) is 5.43. The zero-order valence-electron chi connectivity index (χ0n) is 14.1. The van der Waals surface area contributed by atoms with Crippen molar-refractivity contribution in [3.8, 4) is 0 Å². The van der Waals surface area contributed by atoms with Gasteiger partial charge in [-0.15, -0.1) is 11.8 Å². The van der Waals surface area contributed by atoms with E-state index in [-0.39, 0.29) is 11.9 Å². The summed E-state index contributed by atoms with van der Waals surface area (Å²) in [7, 11) is 0. The first-order valence-electron chi connectivity index (χ1n) is 8.08. The summed E-state index contributed by atoms with van der Waals surface area (Å²) in [6.45, 7) is 6.29. The number of benzene rings is 2. The number of carbonyl (C=O) groups is 1. The normalized spacial score (nSPS) is 12.0. The first-order chi connectivity index (χ1) is 11.1. The number of hydrogen-bond donors (Lipinski definition) is 1. The van der Waals surface area contributed by atoms with Gasteiger partial charge in [0.2, 0.25) is 5.91 Å². The lowest BCUT2D eigenvalue weighted by molar-refractivity contribution is -0.119. The van der Waals surface area contributed by atoms with Crippen LogP contribution in [0.2, 0.25) is 0 Å². The number of nitrogens with one attached hydrogen (secondary N) is 1. The summed E-state index contributed by atoms with van der Waals surface area (Å²) < 4.78 is 0. The van der Waals surface area contributed by atoms with E-state index in [0.29, 0.717) is 5.75 Å². The van der Waals surface area contributed by atoms with Gasteiger partial charge in [0, 0.05) is 5.75 Å². The summed E-state index contributed by atoms with van der Waals surface area (Å²) >= 11 is 1.67. The third-order valence-corrected chi connectivity index (χ3v) is 4.96. The van der Waals surface area contributed by atoms with Crippen LogP contribution in [-0.4, -0.2) is 11.7 Å². The van der Waals surface area contributed by atoms with Crippen molar-refractivity contribution in [2.45, 2.75) is 39.0 Å². The highest BCUT2D eigenvalue weighted by molar-refractivity contribution is 7.99. The summed E-state index contributed by atoms with van der Waals surface area (Å²) in [5, 5.41) is 3.14. The van der Waals surface area contributed by atoms with Gasteiger partial charge in [0.05, 0.1) is 11.8 Å². The minimum Gasteiger partial charge on any atom is -0.349 e. The maximum atomic E-state index is 12.2. The molecule has 0 radical (unpaired) electrons. The van der Waals surface area contributed by atoms with Crippen molar-refractivity contribution in [2.75, 3.05) is 5.75 Å². The third-order valence-electron chi connectivity index (χ3n) is 3.98. The van der Waals surface area contributed by atoms with E-state index in [1.54, 1.807) is 11.8 Å². The van der Waals surface area contributed by atoms with Crippen LogP contribution in [0, 0.1) is 13.8 Å². The Morgan fingerprint density at radius 1 is 1.09 bits per heavy atom. The fraction of sp³-hybridized carbons (Fsp3) is 0.350. The maximum absolute atomic E-state index is 12.2. The van der Waals surface area contributed by atoms with Crippen molar-refractivity contribution in [1.82, 2.24) is 5.32 Å². The van der Waals surface area contributed by atoms with Crippen LogP contribution in [-0.2, 0) is 10.5 Å². The fourth-order valence-corrected chi connectivity index (χ4v) is 3.40. The van der Waals surface area contributed by atoms with Crippen LogP contribution >= 0.6 is 11.8 Å². The van der Waals surface area contributed by atoms with Crippen molar-refractivity contribution in [2.24, 2.45) is 0 Å². The molecule has 0 bridgehead atoms. The van der Waals surface area contributed by atoms with E-state index in [1.165, 1.54) is 22.3 Å². The molecule has 0 unspecified atom stereocenters. The number of amides is 1. The summed E-state index contributed by atoms with van der Waals surface area (Å²) in [6.07, 6.45) is 0.900. The Balaban J connectivity index is 1.83. The van der Waals surface area contributed by atoms with Crippen molar-refractivity contribution >= 4 is 17.7 Å². The minimum absolute atomic E-state index is 0.0992. The lowest BCUT2D eigenvalue weighted by Gasteiger charge is -2.17. The fourth-order valence-electron chi connectivity index (χ4n) is 2.48. The smallest absolute Gasteiger partial charge is 0.230 e. The molecule has 0 spiro atoms. The maximum Gasteiger partial charge on any atom is 0.230 e. The van der Waals surface area contributed by atoms with Gasteiger partial charge >= 0.3 is 0 Å². The zero-order valence-corrected chi connectivity index (χ0v) is 15.0. The molecule has 0 saturated carbocycles. The molecule has 0 saturated heterocycles. The average Bonchev–Trinajstić information content (AvgIpc) is 2.55. The van der Waals surface area contributed by atoms with E-state index in [0.717, 1.165) is 12.2 Å². The Kier molecular flexibility index (Phi) is 6.72. The second kappa shape index (κ2) is 8.78. The lowest BCUT2D eigenvalue weighted by atomic mass is 10.0. The van der Waals surface area contributed by atoms with Gasteiger partial charge in [-0.25, -0.2) is 0 Å². The highest BCUT2D eigenvalue weighted by Crippen LogP contribution is 2.19. The molecule has 122 valence electrons. The molecule has 0 aliphatic rings. The molecule has 0 aliphatic carbocycles. The molecule has 0 fully saturated rings. The Morgan fingerprint density at radius 2 is 1.78 bits per heavy atom. The van der Waals surface area contributed by atoms with Crippen LogP contribution in [0.5, 0.6) is 0 Å². The molecule has 0 aliphatic heterocycles. The van der Waals surface area contributed by atoms with E-state index >= 15 is 0 Å². The lowest BCUT2D eigenvalue weighted by Crippen LogP contribution is -2.29. The van der Waals surface area contributed by atoms with Crippen molar-refractivity contribution in [1.29, 1.82) is 0 Å². The van der Waals surface area contributed by atoms with Crippen LogP contribution in [0.3, 0.4) is 0 Å². The van der Waals surface area contributed by atoms with Crippen LogP contribution in [0.4, 0.5) is 0 Å². The SMILES string of the molecule is CC[C@@H](NC(=O)CSCc1ccccc1C)c1ccc(C)cc1. The molecule has 1 N–H and O–H groups in total. The van der Waals surface area contributed by atoms with E-state index in [4.69, 9.17) is 0 Å². The topological polar surface area (TPSA) is 29.1 Å². The molecule has 1 atom stereocenters. The van der Waals surface area contributed by atoms with Gasteiger partial charge in [0.25, 0.3) is 0 Å². The standard InChI is InChI=1S/C20H25NOS/c1-4-19(17-11-9-15(2)10-12-17)21-20(22)14-23-13-18-8-6-5-7-16(18)3/h5-12,19H,4,13-14H2,1-3H3,(H,21,22)/t19-/m1/s1. The molecule has 0 heterocycles. The Morgan fingerprint density at radius 3 is 2.43 bits per heavy atom. The van der Waals surface area contributed by atoms with E-state index < -0.39 is 0 Å². The number of thioether (sulfide) groups is 1. The molecular formula is C20H25NOS. The molecule has 23 heavy (non-hydrogen) atoms. The molecular weight excluding hydrogens is 302 g/mol. The predicted octanol–water partition coefficient (Wildman–Crippen LogP) is 4.80. The molecule has 2 aromatic rings. The van der Waals surface area contributed by atoms with Gasteiger partial charge in [-0.1, -0.05) is 61.0 Å². The molecule has 2 aromatic carbocycles. The van der Waals surface area contributed by atoms with Crippen LogP contribution < -0.4 is 5.32 Å². The average molecular weight is 327 g/mol. The largest absolute Gasteiger partial charge is 0.349 e. The predicted molar refractivity (Wildman–Crippen MR) is 99.7 cm³/mol. The first-order valence-corrected chi connectivity index (χ1v) is 9.23. The van der Waals surface area contributed by atoms with Crippen LogP contribution in [0.25, 0.3) is 0 Å². The van der Waals surface area contributed by atoms with Crippen molar-refractivity contribution in [3.63, 3.8) is 0 Å². The first kappa shape index (κ1) is 17.6. The van der Waals surface area contributed by atoms with E-state index in [1.807, 2.05) is 12.1 Å². The van der Waals surface area contributed by atoms with Gasteiger partial charge in [-0.05, 0) is 37.0 Å². The molecule has 2 nitrogen and oxygen atoms in total. The number of rotatable bonds is 7. The number of carbonyl (C=O) groups excluding carboxylic acids is 1. The molecule has 3 heteroatoms. The van der Waals surface area contributed by atoms with Gasteiger partial charge in [0.1, 0.15) is 0 Å². The van der Waals surface area contributed by atoms with Crippen LogP contribution in [0.15, 0.2) is 48.5 Å². The number of hydrogen-bond acceptors (Lipinski definition) is 2. The Labute approximate surface area is 143 Å². The van der Waals surface area contributed by atoms with Crippen molar-refractivity contribution < 1.29 is 4.79 Å². The summed E-state index contributed by atoms with van der Waals surface area (Å²) in [5.74, 6) is 1.48. The van der Waals surface area contributed by atoms with Gasteiger partial charge in [-0.3, -0.25) is 4.79 Å². The van der Waals surface area contributed by atoms with E-state index in [2.05, 4.69) is 62.5 Å². The molecule has 1 amide bonds. The van der Waals surface area contributed by atoms with E-state index in [9.17, 15) is 4.79 Å². The summed E-state index contributed by atoms with van der Waals surface area (Å²) in [4.78, 5) is 12.2. The van der Waals surface area contributed by atoms with Crippen molar-refractivity contribution in [3.05, 3.63) is 70.8 Å². The van der Waals surface area contributed by atoms with Gasteiger partial charge in [0.15, 0.2) is 0 Å². The highest BCUT2D eigenvalue weighted by Gasteiger charge is 2.12. The van der Waals surface area contributed by atoms with Gasteiger partial charge in [-0.2, -0.15) is 0 Å². The van der Waals surface area contributed by atoms with Crippen LogP contribution in [0.1, 0.15) is 41.6 Å². The zero-order chi connectivity index (χ0) is 16.7. The molecule has 2 rings (SSSR count). The molecule has 0 aromatic heterocycles. The number of aryl methyl sites for hydroxylation is 2. The minimum atomic E-state index is 0.0992. The second-order valence-corrected chi connectivity index (χ2v) is 6.84. The highest BCUT2D eigenvalue weighted by atomic mass is 32.2. The Hall–Kier alpha value is -1.74.